The van der Waals surface area contributed by atoms with Gasteiger partial charge in [0.15, 0.2) is 22.9 Å². The number of pyridine rings is 2. The minimum Gasteiger partial charge on any atom is -0.505 e. The van der Waals surface area contributed by atoms with E-state index in [-0.39, 0.29) is 53.6 Å². The molecule has 2 heterocycles. The number of benzene rings is 3. The van der Waals surface area contributed by atoms with E-state index in [9.17, 15) is 14.7 Å². The predicted octanol–water partition coefficient (Wildman–Crippen LogP) is 5.59. The van der Waals surface area contributed by atoms with Gasteiger partial charge in [-0.3, -0.25) is 14.3 Å². The Morgan fingerprint density at radius 3 is 2.05 bits per heavy atom. The van der Waals surface area contributed by atoms with Gasteiger partial charge in [-0.2, -0.15) is 0 Å². The normalized spacial score (nSPS) is 9.84. The molecule has 12 heteroatoms. The summed E-state index contributed by atoms with van der Waals surface area (Å²) < 4.78 is 21.7. The van der Waals surface area contributed by atoms with Crippen LogP contribution in [0.1, 0.15) is 16.2 Å². The van der Waals surface area contributed by atoms with E-state index in [1.807, 2.05) is 36.4 Å². The third-order valence-corrected chi connectivity index (χ3v) is 6.06. The fourth-order valence-corrected chi connectivity index (χ4v) is 4.03. The first kappa shape index (κ1) is 34.3. The highest BCUT2D eigenvalue weighted by Crippen LogP contribution is 2.31. The number of aromatic nitrogens is 2. The summed E-state index contributed by atoms with van der Waals surface area (Å²) in [5, 5.41) is 11.2. The van der Waals surface area contributed by atoms with Crippen molar-refractivity contribution >= 4 is 47.2 Å². The van der Waals surface area contributed by atoms with E-state index in [2.05, 4.69) is 4.98 Å². The van der Waals surface area contributed by atoms with E-state index in [1.54, 1.807) is 56.8 Å². The number of ether oxygens (including phenoxy) is 4. The molecule has 0 unspecified atom stereocenters. The molecule has 0 spiro atoms. The minimum absolute atomic E-state index is 0. The van der Waals surface area contributed by atoms with Gasteiger partial charge in [0.05, 0.1) is 32.4 Å². The van der Waals surface area contributed by atoms with E-state index in [0.29, 0.717) is 17.1 Å². The molecule has 0 amide bonds. The number of hydrogen-bond donors (Lipinski definition) is 2. The summed E-state index contributed by atoms with van der Waals surface area (Å²) >= 11 is 0. The quantitative estimate of drug-likeness (QED) is 0.175. The van der Waals surface area contributed by atoms with Crippen LogP contribution in [0.2, 0.25) is 0 Å². The molecule has 10 nitrogen and oxygen atoms in total. The Morgan fingerprint density at radius 2 is 1.49 bits per heavy atom. The maximum atomic E-state index is 13.4. The number of fused-ring (bicyclic) bond motifs is 1. The molecule has 3 aromatic carbocycles. The first-order valence-electron chi connectivity index (χ1n) is 12.4. The number of anilines is 1. The minimum atomic E-state index is -0.844. The Balaban J connectivity index is 0.000000460. The molecule has 0 aliphatic carbocycles. The monoisotopic (exact) mass is 627 g/mol. The van der Waals surface area contributed by atoms with Gasteiger partial charge in [-0.05, 0) is 66.7 Å². The number of nitrogen functional groups attached to an aromatic ring is 1. The molecule has 0 aliphatic heterocycles. The van der Waals surface area contributed by atoms with Crippen molar-refractivity contribution < 1.29 is 28.8 Å². The lowest BCUT2D eigenvalue weighted by atomic mass is 10.1. The van der Waals surface area contributed by atoms with E-state index in [4.69, 9.17) is 24.7 Å². The summed E-state index contributed by atoms with van der Waals surface area (Å²) in [7, 11) is 4.42. The van der Waals surface area contributed by atoms with Gasteiger partial charge in [-0.15, -0.1) is 24.8 Å². The van der Waals surface area contributed by atoms with Crippen LogP contribution in [-0.2, 0) is 11.3 Å². The van der Waals surface area contributed by atoms with Gasteiger partial charge in [-0.25, -0.2) is 4.79 Å². The number of rotatable bonds is 7. The summed E-state index contributed by atoms with van der Waals surface area (Å²) in [6, 6.07) is 24.0. The van der Waals surface area contributed by atoms with Crippen molar-refractivity contribution in [2.24, 2.45) is 0 Å². The number of halogens is 2. The zero-order valence-corrected chi connectivity index (χ0v) is 25.2. The smallest absolute Gasteiger partial charge is 0.359 e. The summed E-state index contributed by atoms with van der Waals surface area (Å²) in [4.78, 5) is 30.0. The van der Waals surface area contributed by atoms with E-state index >= 15 is 0 Å². The molecule has 0 fully saturated rings. The van der Waals surface area contributed by atoms with E-state index in [0.717, 1.165) is 21.8 Å². The number of methoxy groups -OCH3 is 3. The maximum absolute atomic E-state index is 13.4. The molecule has 0 saturated heterocycles. The van der Waals surface area contributed by atoms with Gasteiger partial charge in [-0.1, -0.05) is 18.2 Å². The number of carbonyl (C=O) groups excluding carboxylic acids is 1. The molecule has 43 heavy (non-hydrogen) atoms. The third-order valence-electron chi connectivity index (χ3n) is 6.06. The summed E-state index contributed by atoms with van der Waals surface area (Å²) in [6.45, 7) is 0.213. The molecular formula is C31H31Cl2N3O7. The van der Waals surface area contributed by atoms with Gasteiger partial charge >= 0.3 is 5.97 Å². The SMILES string of the molecule is COC(=O)c1c(O)c2ccc(OCc3ccccn3)cc2c(=O)n1-c1ccc(N)cc1.COc1ccccc1OC.Cl.Cl. The fourth-order valence-electron chi connectivity index (χ4n) is 4.03. The van der Waals surface area contributed by atoms with Crippen LogP contribution in [0.25, 0.3) is 16.5 Å². The standard InChI is InChI=1S/C23H19N3O5.C8H10O2.2ClH/c1-30-23(29)20-21(27)18-10-9-17(31-13-15-4-2-3-11-25-15)12-19(18)22(28)26(20)16-7-5-14(24)6-8-16;1-9-7-5-3-4-6-8(7)10-2;;/h2-12,27H,13,24H2,1H3;3-6H,1-2H3;2*1H. The second-order valence-electron chi connectivity index (χ2n) is 8.59. The van der Waals surface area contributed by atoms with Crippen molar-refractivity contribution in [2.75, 3.05) is 27.1 Å². The number of nitrogens with zero attached hydrogens (tertiary/aromatic N) is 2. The number of para-hydroxylation sites is 2. The van der Waals surface area contributed by atoms with Crippen LogP contribution in [0, 0.1) is 0 Å². The highest BCUT2D eigenvalue weighted by atomic mass is 35.5. The van der Waals surface area contributed by atoms with Gasteiger partial charge < -0.3 is 29.8 Å². The van der Waals surface area contributed by atoms with Crippen LogP contribution < -0.4 is 25.5 Å². The van der Waals surface area contributed by atoms with Crippen LogP contribution >= 0.6 is 24.8 Å². The average molecular weight is 629 g/mol. The number of hydrogen-bond acceptors (Lipinski definition) is 9. The predicted molar refractivity (Wildman–Crippen MR) is 170 cm³/mol. The molecule has 0 aliphatic rings. The second kappa shape index (κ2) is 15.9. The Kier molecular flexibility index (Phi) is 12.7. The molecule has 5 aromatic rings. The molecule has 0 atom stereocenters. The Morgan fingerprint density at radius 1 is 0.860 bits per heavy atom. The van der Waals surface area contributed by atoms with Crippen LogP contribution in [0.5, 0.6) is 23.0 Å². The van der Waals surface area contributed by atoms with E-state index < -0.39 is 11.5 Å². The highest BCUT2D eigenvalue weighted by Gasteiger charge is 2.24. The lowest BCUT2D eigenvalue weighted by molar-refractivity contribution is 0.0587. The number of carbonyl (C=O) groups is 1. The van der Waals surface area contributed by atoms with Crippen LogP contribution in [0.3, 0.4) is 0 Å². The maximum Gasteiger partial charge on any atom is 0.359 e. The molecule has 0 bridgehead atoms. The lowest BCUT2D eigenvalue weighted by Gasteiger charge is -2.16. The van der Waals surface area contributed by atoms with Crippen molar-refractivity contribution in [1.29, 1.82) is 0 Å². The van der Waals surface area contributed by atoms with Crippen molar-refractivity contribution in [3.63, 3.8) is 0 Å². The lowest BCUT2D eigenvalue weighted by Crippen LogP contribution is -2.25. The summed E-state index contributed by atoms with van der Waals surface area (Å²) in [5.74, 6) is 0.748. The van der Waals surface area contributed by atoms with Crippen LogP contribution in [-0.4, -0.2) is 42.0 Å². The van der Waals surface area contributed by atoms with Gasteiger partial charge in [0.25, 0.3) is 5.56 Å². The molecule has 0 radical (unpaired) electrons. The fraction of sp³-hybridized carbons (Fsp3) is 0.129. The second-order valence-corrected chi connectivity index (χ2v) is 8.59. The number of nitrogens with two attached hydrogens (primary N) is 1. The largest absolute Gasteiger partial charge is 0.505 e. The third kappa shape index (κ3) is 7.88. The van der Waals surface area contributed by atoms with Crippen LogP contribution in [0.15, 0.2) is 95.9 Å². The average Bonchev–Trinajstić information content (AvgIpc) is 3.02. The highest BCUT2D eigenvalue weighted by molar-refractivity contribution is 6.00. The van der Waals surface area contributed by atoms with Crippen molar-refractivity contribution in [3.8, 4) is 28.7 Å². The Bertz CT molecular complexity index is 1690. The van der Waals surface area contributed by atoms with Gasteiger partial charge in [0, 0.05) is 23.0 Å². The van der Waals surface area contributed by atoms with Crippen molar-refractivity contribution in [2.45, 2.75) is 6.61 Å². The van der Waals surface area contributed by atoms with Gasteiger partial charge in [0.1, 0.15) is 12.4 Å². The molecule has 5 rings (SSSR count). The van der Waals surface area contributed by atoms with Gasteiger partial charge in [0.2, 0.25) is 0 Å². The summed E-state index contributed by atoms with van der Waals surface area (Å²) in [5.41, 5.74) is 6.53. The molecule has 226 valence electrons. The Labute approximate surface area is 260 Å². The van der Waals surface area contributed by atoms with E-state index in [1.165, 1.54) is 19.2 Å². The topological polar surface area (TPSA) is 135 Å². The molecule has 2 aromatic heterocycles. The summed E-state index contributed by atoms with van der Waals surface area (Å²) in [6.07, 6.45) is 1.66. The first-order valence-corrected chi connectivity index (χ1v) is 12.4. The van der Waals surface area contributed by atoms with Crippen molar-refractivity contribution in [3.05, 3.63) is 113 Å². The molecule has 0 saturated carbocycles. The zero-order valence-electron chi connectivity index (χ0n) is 23.6. The molecular weight excluding hydrogens is 597 g/mol. The zero-order chi connectivity index (χ0) is 29.4. The number of esters is 1. The van der Waals surface area contributed by atoms with Crippen molar-refractivity contribution in [1.82, 2.24) is 9.55 Å². The number of aromatic hydroxyl groups is 1. The first-order chi connectivity index (χ1) is 19.9. The molecule has 3 N–H and O–H groups in total. The Hall–Kier alpha value is -4.93. The van der Waals surface area contributed by atoms with Crippen LogP contribution in [0.4, 0.5) is 5.69 Å².